The maximum Gasteiger partial charge on any atom is 0.242 e. The molecule has 0 bridgehead atoms. The molecule has 0 saturated heterocycles. The molecule has 4 aromatic rings. The van der Waals surface area contributed by atoms with Crippen molar-refractivity contribution in [2.75, 3.05) is 26.5 Å². The SMILES string of the molecule is COc1ccc(S(=O)(=O)N(C)C)cc1Nc1nc2c(ccc3c2ncn3C)s1.Cl. The van der Waals surface area contributed by atoms with Crippen molar-refractivity contribution in [1.82, 2.24) is 18.8 Å². The van der Waals surface area contributed by atoms with Crippen LogP contribution in [0.3, 0.4) is 0 Å². The number of hydrogen-bond acceptors (Lipinski definition) is 7. The van der Waals surface area contributed by atoms with E-state index in [1.807, 2.05) is 23.7 Å². The molecule has 11 heteroatoms. The summed E-state index contributed by atoms with van der Waals surface area (Å²) in [7, 11) is 2.91. The number of halogens is 1. The minimum absolute atomic E-state index is 0. The average molecular weight is 454 g/mol. The van der Waals surface area contributed by atoms with E-state index in [1.54, 1.807) is 18.5 Å². The van der Waals surface area contributed by atoms with E-state index in [9.17, 15) is 8.42 Å². The zero-order chi connectivity index (χ0) is 20.1. The summed E-state index contributed by atoms with van der Waals surface area (Å²) in [5.41, 5.74) is 3.17. The van der Waals surface area contributed by atoms with Crippen molar-refractivity contribution in [3.05, 3.63) is 36.7 Å². The zero-order valence-electron chi connectivity index (χ0n) is 16.2. The monoisotopic (exact) mass is 453 g/mol. The van der Waals surface area contributed by atoms with Crippen molar-refractivity contribution in [2.45, 2.75) is 4.90 Å². The van der Waals surface area contributed by atoms with Crippen LogP contribution in [0, 0.1) is 0 Å². The Hall–Kier alpha value is -2.40. The van der Waals surface area contributed by atoms with Gasteiger partial charge in [0.2, 0.25) is 10.0 Å². The van der Waals surface area contributed by atoms with Gasteiger partial charge in [0.1, 0.15) is 16.8 Å². The second-order valence-electron chi connectivity index (χ2n) is 6.43. The Bertz CT molecular complexity index is 1300. The van der Waals surface area contributed by atoms with E-state index < -0.39 is 10.0 Å². The van der Waals surface area contributed by atoms with Crippen LogP contribution in [-0.2, 0) is 17.1 Å². The van der Waals surface area contributed by atoms with Gasteiger partial charge in [-0.3, -0.25) is 0 Å². The molecule has 0 aliphatic carbocycles. The Kier molecular flexibility index (Phi) is 5.72. The third-order valence-electron chi connectivity index (χ3n) is 4.44. The minimum atomic E-state index is -3.56. The van der Waals surface area contributed by atoms with Gasteiger partial charge in [0.05, 0.1) is 34.2 Å². The molecule has 0 aliphatic rings. The van der Waals surface area contributed by atoms with Crippen molar-refractivity contribution in [3.63, 3.8) is 0 Å². The number of aryl methyl sites for hydroxylation is 1. The van der Waals surface area contributed by atoms with E-state index in [2.05, 4.69) is 15.3 Å². The number of nitrogens with one attached hydrogen (secondary N) is 1. The fraction of sp³-hybridized carbons (Fsp3) is 0.222. The number of rotatable bonds is 5. The maximum atomic E-state index is 12.5. The Labute approximate surface area is 178 Å². The summed E-state index contributed by atoms with van der Waals surface area (Å²) in [4.78, 5) is 9.28. The Morgan fingerprint density at radius 2 is 1.93 bits per heavy atom. The molecule has 0 atom stereocenters. The molecule has 2 aromatic carbocycles. The molecule has 2 aromatic heterocycles. The van der Waals surface area contributed by atoms with Crippen LogP contribution in [0.4, 0.5) is 10.8 Å². The summed E-state index contributed by atoms with van der Waals surface area (Å²) in [6, 6.07) is 8.72. The highest BCUT2D eigenvalue weighted by Crippen LogP contribution is 2.36. The van der Waals surface area contributed by atoms with Crippen LogP contribution in [0.5, 0.6) is 5.75 Å². The summed E-state index contributed by atoms with van der Waals surface area (Å²) < 4.78 is 34.4. The van der Waals surface area contributed by atoms with E-state index >= 15 is 0 Å². The second kappa shape index (κ2) is 7.79. The van der Waals surface area contributed by atoms with Crippen molar-refractivity contribution in [3.8, 4) is 5.75 Å². The molecule has 8 nitrogen and oxygen atoms in total. The number of hydrogen-bond donors (Lipinski definition) is 1. The predicted molar refractivity (Wildman–Crippen MR) is 118 cm³/mol. The van der Waals surface area contributed by atoms with Gasteiger partial charge < -0.3 is 14.6 Å². The van der Waals surface area contributed by atoms with Gasteiger partial charge in [0.15, 0.2) is 5.13 Å². The largest absolute Gasteiger partial charge is 0.495 e. The van der Waals surface area contributed by atoms with E-state index in [-0.39, 0.29) is 17.3 Å². The molecule has 0 unspecified atom stereocenters. The molecule has 0 radical (unpaired) electrons. The quantitative estimate of drug-likeness (QED) is 0.496. The van der Waals surface area contributed by atoms with Gasteiger partial charge in [-0.1, -0.05) is 11.3 Å². The lowest BCUT2D eigenvalue weighted by molar-refractivity contribution is 0.416. The number of aromatic nitrogens is 3. The Balaban J connectivity index is 0.00000240. The molecule has 0 fully saturated rings. The van der Waals surface area contributed by atoms with Crippen LogP contribution in [0.2, 0.25) is 0 Å². The van der Waals surface area contributed by atoms with Crippen LogP contribution in [0.25, 0.3) is 21.3 Å². The molecule has 154 valence electrons. The van der Waals surface area contributed by atoms with Crippen LogP contribution < -0.4 is 10.1 Å². The first-order valence-electron chi connectivity index (χ1n) is 8.39. The van der Waals surface area contributed by atoms with Crippen LogP contribution in [0.1, 0.15) is 0 Å². The van der Waals surface area contributed by atoms with Gasteiger partial charge >= 0.3 is 0 Å². The summed E-state index contributed by atoms with van der Waals surface area (Å²) in [6.45, 7) is 0. The van der Waals surface area contributed by atoms with E-state index in [0.717, 1.165) is 21.3 Å². The third-order valence-corrected chi connectivity index (χ3v) is 7.19. The van der Waals surface area contributed by atoms with Gasteiger partial charge in [-0.15, -0.1) is 12.4 Å². The number of imidazole rings is 1. The summed E-state index contributed by atoms with van der Waals surface area (Å²) >= 11 is 1.47. The molecule has 0 saturated carbocycles. The lowest BCUT2D eigenvalue weighted by atomic mass is 10.3. The lowest BCUT2D eigenvalue weighted by Crippen LogP contribution is -2.22. The first-order chi connectivity index (χ1) is 13.3. The topological polar surface area (TPSA) is 89.3 Å². The first kappa shape index (κ1) is 21.3. The zero-order valence-corrected chi connectivity index (χ0v) is 18.7. The van der Waals surface area contributed by atoms with E-state index in [1.165, 1.54) is 42.9 Å². The fourth-order valence-electron chi connectivity index (χ4n) is 2.91. The highest BCUT2D eigenvalue weighted by molar-refractivity contribution is 7.89. The summed E-state index contributed by atoms with van der Waals surface area (Å²) in [5.74, 6) is 0.528. The van der Waals surface area contributed by atoms with Crippen molar-refractivity contribution in [2.24, 2.45) is 7.05 Å². The Morgan fingerprint density at radius 1 is 1.17 bits per heavy atom. The number of fused-ring (bicyclic) bond motifs is 3. The molecule has 1 N–H and O–H groups in total. The minimum Gasteiger partial charge on any atom is -0.495 e. The normalized spacial score (nSPS) is 11.8. The molecule has 0 amide bonds. The number of methoxy groups -OCH3 is 1. The van der Waals surface area contributed by atoms with Gasteiger partial charge in [-0.25, -0.2) is 22.7 Å². The fourth-order valence-corrected chi connectivity index (χ4v) is 4.72. The molecule has 4 rings (SSSR count). The smallest absolute Gasteiger partial charge is 0.242 e. The first-order valence-corrected chi connectivity index (χ1v) is 10.6. The highest BCUT2D eigenvalue weighted by atomic mass is 35.5. The van der Waals surface area contributed by atoms with Crippen molar-refractivity contribution < 1.29 is 13.2 Å². The molecule has 2 heterocycles. The summed E-state index contributed by atoms with van der Waals surface area (Å²) in [5, 5.41) is 3.83. The van der Waals surface area contributed by atoms with E-state index in [4.69, 9.17) is 4.74 Å². The number of sulfonamides is 1. The molecular weight excluding hydrogens is 434 g/mol. The number of thiazole rings is 1. The molecule has 0 spiro atoms. The maximum absolute atomic E-state index is 12.5. The number of ether oxygens (including phenoxy) is 1. The van der Waals surface area contributed by atoms with Crippen LogP contribution in [0.15, 0.2) is 41.6 Å². The molecular formula is C18H20ClN5O3S2. The lowest BCUT2D eigenvalue weighted by Gasteiger charge is -2.14. The second-order valence-corrected chi connectivity index (χ2v) is 9.61. The van der Waals surface area contributed by atoms with Crippen LogP contribution in [-0.4, -0.2) is 48.5 Å². The third kappa shape index (κ3) is 3.64. The Morgan fingerprint density at radius 3 is 2.62 bits per heavy atom. The van der Waals surface area contributed by atoms with Crippen molar-refractivity contribution in [1.29, 1.82) is 0 Å². The summed E-state index contributed by atoms with van der Waals surface area (Å²) in [6.07, 6.45) is 1.76. The van der Waals surface area contributed by atoms with Crippen molar-refractivity contribution >= 4 is 65.8 Å². The van der Waals surface area contributed by atoms with Gasteiger partial charge in [0, 0.05) is 21.1 Å². The standard InChI is InChI=1S/C18H19N5O3S2.ClH/c1-22(2)28(24,25)11-5-7-14(26-4)12(9-11)20-18-21-17-15(27-18)8-6-13-16(17)19-10-23(13)3;/h5-10H,1-4H3,(H,20,21);1H. The van der Waals surface area contributed by atoms with E-state index in [0.29, 0.717) is 16.6 Å². The molecule has 29 heavy (non-hydrogen) atoms. The van der Waals surface area contributed by atoms with Gasteiger partial charge in [-0.2, -0.15) is 0 Å². The number of nitrogens with zero attached hydrogens (tertiary/aromatic N) is 4. The molecule has 0 aliphatic heterocycles. The van der Waals surface area contributed by atoms with Crippen LogP contribution >= 0.6 is 23.7 Å². The predicted octanol–water partition coefficient (Wildman–Crippen LogP) is 3.61. The highest BCUT2D eigenvalue weighted by Gasteiger charge is 2.20. The number of benzene rings is 2. The van der Waals surface area contributed by atoms with Gasteiger partial charge in [0.25, 0.3) is 0 Å². The van der Waals surface area contributed by atoms with Gasteiger partial charge in [-0.05, 0) is 30.3 Å². The average Bonchev–Trinajstić information content (AvgIpc) is 3.24. The number of anilines is 2.